The first-order valence-electron chi connectivity index (χ1n) is 7.47. The number of rotatable bonds is 2. The zero-order valence-electron chi connectivity index (χ0n) is 12.8. The number of likely N-dealkylation sites (tertiary alicyclic amines) is 1. The van der Waals surface area contributed by atoms with E-state index in [1.54, 1.807) is 6.20 Å². The van der Waals surface area contributed by atoms with Gasteiger partial charge in [0.05, 0.1) is 4.88 Å². The highest BCUT2D eigenvalue weighted by atomic mass is 32.1. The molecule has 7 heteroatoms. The Bertz CT molecular complexity index is 803. The summed E-state index contributed by atoms with van der Waals surface area (Å²) in [5, 5.41) is 2.81. The molecule has 0 bridgehead atoms. The number of nitrogens with one attached hydrogen (secondary N) is 1. The number of benzene rings is 1. The standard InChI is InChI=1S/C17H15N3O3S/c1-2-12-7-3-4-8-13(12)14-11-18-15(24-14)19-16(21)23-17(22)20-9-5-6-10-20/h1,3-4,7-8,11H,5-6,9-10H2,(H,18,19,21). The molecule has 1 aromatic heterocycles. The highest BCUT2D eigenvalue weighted by Gasteiger charge is 2.22. The first-order chi connectivity index (χ1) is 11.7. The van der Waals surface area contributed by atoms with Gasteiger partial charge in [-0.05, 0) is 18.9 Å². The lowest BCUT2D eigenvalue weighted by Crippen LogP contribution is -2.31. The maximum Gasteiger partial charge on any atom is 0.422 e. The normalized spacial score (nSPS) is 13.4. The van der Waals surface area contributed by atoms with E-state index in [1.165, 1.54) is 16.2 Å². The Hall–Kier alpha value is -2.85. The van der Waals surface area contributed by atoms with Crippen LogP contribution in [-0.2, 0) is 4.74 Å². The molecule has 0 saturated carbocycles. The summed E-state index contributed by atoms with van der Waals surface area (Å²) in [4.78, 5) is 30.0. The third-order valence-electron chi connectivity index (χ3n) is 3.61. The van der Waals surface area contributed by atoms with Gasteiger partial charge in [-0.2, -0.15) is 0 Å². The Morgan fingerprint density at radius 3 is 2.79 bits per heavy atom. The predicted molar refractivity (Wildman–Crippen MR) is 91.8 cm³/mol. The van der Waals surface area contributed by atoms with E-state index >= 15 is 0 Å². The van der Waals surface area contributed by atoms with Crippen LogP contribution in [0, 0.1) is 12.3 Å². The zero-order valence-corrected chi connectivity index (χ0v) is 13.6. The molecule has 1 aromatic carbocycles. The Balaban J connectivity index is 1.64. The van der Waals surface area contributed by atoms with Crippen molar-refractivity contribution in [1.82, 2.24) is 9.88 Å². The smallest absolute Gasteiger partial charge is 0.359 e. The molecule has 1 saturated heterocycles. The Morgan fingerprint density at radius 1 is 1.29 bits per heavy atom. The predicted octanol–water partition coefficient (Wildman–Crippen LogP) is 3.56. The third-order valence-corrected chi connectivity index (χ3v) is 4.55. The molecule has 24 heavy (non-hydrogen) atoms. The second-order valence-corrected chi connectivity index (χ2v) is 6.22. The van der Waals surface area contributed by atoms with Crippen LogP contribution in [-0.4, -0.2) is 35.2 Å². The molecule has 2 aromatic rings. The molecule has 2 amide bonds. The molecule has 0 unspecified atom stereocenters. The van der Waals surface area contributed by atoms with E-state index in [2.05, 4.69) is 16.2 Å². The van der Waals surface area contributed by atoms with E-state index in [0.29, 0.717) is 18.2 Å². The molecule has 2 heterocycles. The molecule has 122 valence electrons. The average molecular weight is 341 g/mol. The monoisotopic (exact) mass is 341 g/mol. The van der Waals surface area contributed by atoms with Crippen LogP contribution < -0.4 is 5.32 Å². The number of aromatic nitrogens is 1. The lowest BCUT2D eigenvalue weighted by atomic mass is 10.1. The van der Waals surface area contributed by atoms with E-state index in [1.807, 2.05) is 24.3 Å². The van der Waals surface area contributed by atoms with Gasteiger partial charge in [0.1, 0.15) is 0 Å². The summed E-state index contributed by atoms with van der Waals surface area (Å²) >= 11 is 1.26. The molecule has 1 aliphatic heterocycles. The van der Waals surface area contributed by atoms with Crippen LogP contribution in [0.2, 0.25) is 0 Å². The SMILES string of the molecule is C#Cc1ccccc1-c1cnc(NC(=O)OC(=O)N2CCCC2)s1. The summed E-state index contributed by atoms with van der Waals surface area (Å²) < 4.78 is 4.77. The van der Waals surface area contributed by atoms with Crippen molar-refractivity contribution >= 4 is 28.7 Å². The van der Waals surface area contributed by atoms with Gasteiger partial charge in [-0.3, -0.25) is 5.32 Å². The average Bonchev–Trinajstić information content (AvgIpc) is 3.26. The molecule has 1 N–H and O–H groups in total. The van der Waals surface area contributed by atoms with Crippen molar-refractivity contribution in [2.45, 2.75) is 12.8 Å². The molecule has 0 atom stereocenters. The van der Waals surface area contributed by atoms with Gasteiger partial charge in [-0.1, -0.05) is 35.5 Å². The van der Waals surface area contributed by atoms with Crippen molar-refractivity contribution in [3.63, 3.8) is 0 Å². The second-order valence-electron chi connectivity index (χ2n) is 5.19. The Labute approximate surface area is 143 Å². The first kappa shape index (κ1) is 16.0. The molecular formula is C17H15N3O3S. The number of carbonyl (C=O) groups excluding carboxylic acids is 2. The molecule has 3 rings (SSSR count). The largest absolute Gasteiger partial charge is 0.422 e. The molecule has 0 radical (unpaired) electrons. The van der Waals surface area contributed by atoms with E-state index in [0.717, 1.165) is 28.8 Å². The minimum atomic E-state index is -0.835. The number of hydrogen-bond donors (Lipinski definition) is 1. The summed E-state index contributed by atoms with van der Waals surface area (Å²) in [5.74, 6) is 2.62. The summed E-state index contributed by atoms with van der Waals surface area (Å²) in [6.45, 7) is 1.24. The minimum absolute atomic E-state index is 0.344. The van der Waals surface area contributed by atoms with Crippen molar-refractivity contribution in [3.8, 4) is 22.8 Å². The maximum absolute atomic E-state index is 11.8. The van der Waals surface area contributed by atoms with Crippen LogP contribution in [0.1, 0.15) is 18.4 Å². The van der Waals surface area contributed by atoms with Crippen LogP contribution in [0.3, 0.4) is 0 Å². The van der Waals surface area contributed by atoms with Crippen molar-refractivity contribution in [3.05, 3.63) is 36.0 Å². The Kier molecular flexibility index (Phi) is 4.77. The van der Waals surface area contributed by atoms with Gasteiger partial charge >= 0.3 is 12.2 Å². The van der Waals surface area contributed by atoms with Gasteiger partial charge in [0, 0.05) is 30.4 Å². The number of ether oxygens (including phenoxy) is 1. The lowest BCUT2D eigenvalue weighted by molar-refractivity contribution is 0.132. The van der Waals surface area contributed by atoms with Gasteiger partial charge in [0.2, 0.25) is 0 Å². The molecule has 0 aliphatic carbocycles. The van der Waals surface area contributed by atoms with E-state index in [9.17, 15) is 9.59 Å². The van der Waals surface area contributed by atoms with Crippen molar-refractivity contribution in [2.24, 2.45) is 0 Å². The highest BCUT2D eigenvalue weighted by Crippen LogP contribution is 2.31. The summed E-state index contributed by atoms with van der Waals surface area (Å²) in [6.07, 6.45) is 7.52. The third kappa shape index (κ3) is 3.55. The first-order valence-corrected chi connectivity index (χ1v) is 8.28. The summed E-state index contributed by atoms with van der Waals surface area (Å²) in [6, 6.07) is 7.47. The zero-order chi connectivity index (χ0) is 16.9. The van der Waals surface area contributed by atoms with Crippen LogP contribution >= 0.6 is 11.3 Å². The topological polar surface area (TPSA) is 71.5 Å². The van der Waals surface area contributed by atoms with E-state index < -0.39 is 12.2 Å². The van der Waals surface area contributed by atoms with Crippen molar-refractivity contribution in [2.75, 3.05) is 18.4 Å². The second kappa shape index (κ2) is 7.15. The van der Waals surface area contributed by atoms with Crippen LogP contribution in [0.15, 0.2) is 30.5 Å². The van der Waals surface area contributed by atoms with Gasteiger partial charge < -0.3 is 9.64 Å². The lowest BCUT2D eigenvalue weighted by Gasteiger charge is -2.13. The number of hydrogen-bond acceptors (Lipinski definition) is 5. The van der Waals surface area contributed by atoms with Crippen molar-refractivity contribution in [1.29, 1.82) is 0 Å². The Morgan fingerprint density at radius 2 is 2.04 bits per heavy atom. The van der Waals surface area contributed by atoms with Gasteiger partial charge in [0.25, 0.3) is 0 Å². The number of nitrogens with zero attached hydrogens (tertiary/aromatic N) is 2. The molecule has 0 spiro atoms. The van der Waals surface area contributed by atoms with Gasteiger partial charge in [0.15, 0.2) is 5.13 Å². The highest BCUT2D eigenvalue weighted by molar-refractivity contribution is 7.19. The maximum atomic E-state index is 11.8. The summed E-state index contributed by atoms with van der Waals surface area (Å²) in [5.41, 5.74) is 1.62. The fourth-order valence-corrected chi connectivity index (χ4v) is 3.28. The van der Waals surface area contributed by atoms with E-state index in [4.69, 9.17) is 11.2 Å². The van der Waals surface area contributed by atoms with Crippen LogP contribution in [0.25, 0.3) is 10.4 Å². The minimum Gasteiger partial charge on any atom is -0.359 e. The van der Waals surface area contributed by atoms with Gasteiger partial charge in [-0.15, -0.1) is 6.42 Å². The fourth-order valence-electron chi connectivity index (χ4n) is 2.44. The quantitative estimate of drug-likeness (QED) is 0.670. The van der Waals surface area contributed by atoms with Crippen molar-refractivity contribution < 1.29 is 14.3 Å². The molecule has 1 fully saturated rings. The number of anilines is 1. The fraction of sp³-hybridized carbons (Fsp3) is 0.235. The number of terminal acetylenes is 1. The van der Waals surface area contributed by atoms with Crippen LogP contribution in [0.4, 0.5) is 14.7 Å². The molecule has 1 aliphatic rings. The number of amides is 2. The number of thiazole rings is 1. The van der Waals surface area contributed by atoms with Gasteiger partial charge in [-0.25, -0.2) is 14.6 Å². The summed E-state index contributed by atoms with van der Waals surface area (Å²) in [7, 11) is 0. The van der Waals surface area contributed by atoms with Crippen LogP contribution in [0.5, 0.6) is 0 Å². The van der Waals surface area contributed by atoms with E-state index in [-0.39, 0.29) is 0 Å². The molecule has 6 nitrogen and oxygen atoms in total. The number of carbonyl (C=O) groups is 2. The molecular weight excluding hydrogens is 326 g/mol.